The third kappa shape index (κ3) is 3.56. The number of amides is 1. The molecule has 5 nitrogen and oxygen atoms in total. The lowest BCUT2D eigenvalue weighted by Crippen LogP contribution is -2.52. The normalized spacial score (nSPS) is 22.1. The summed E-state index contributed by atoms with van der Waals surface area (Å²) in [7, 11) is 0. The standard InChI is InChI=1S/C21H27FN4O/c1-15(2)24-9-11-25(12-10-24)16-6-8-26(14-16)21(27)18-3-4-20(22)17-5-7-23-13-19(17)18/h3-5,7,13,15-16H,6,8-12,14H2,1-2H3. The van der Waals surface area contributed by atoms with Gasteiger partial charge >= 0.3 is 0 Å². The van der Waals surface area contributed by atoms with Crippen LogP contribution in [0.5, 0.6) is 0 Å². The molecule has 0 saturated carbocycles. The van der Waals surface area contributed by atoms with E-state index in [0.29, 0.717) is 28.4 Å². The van der Waals surface area contributed by atoms with Crippen LogP contribution in [0.15, 0.2) is 30.6 Å². The van der Waals surface area contributed by atoms with Gasteiger partial charge < -0.3 is 4.90 Å². The van der Waals surface area contributed by atoms with Crippen LogP contribution >= 0.6 is 0 Å². The fraction of sp³-hybridized carbons (Fsp3) is 0.524. The van der Waals surface area contributed by atoms with Crippen molar-refractivity contribution in [3.05, 3.63) is 42.0 Å². The van der Waals surface area contributed by atoms with Crippen LogP contribution < -0.4 is 0 Å². The first-order chi connectivity index (χ1) is 13.0. The van der Waals surface area contributed by atoms with Crippen LogP contribution in [-0.2, 0) is 0 Å². The Labute approximate surface area is 159 Å². The molecule has 4 rings (SSSR count). The molecule has 3 heterocycles. The zero-order valence-corrected chi connectivity index (χ0v) is 16.1. The maximum Gasteiger partial charge on any atom is 0.254 e. The molecule has 0 spiro atoms. The summed E-state index contributed by atoms with van der Waals surface area (Å²) in [5, 5.41) is 1.05. The number of likely N-dealkylation sites (tertiary alicyclic amines) is 1. The molecule has 1 atom stereocenters. The predicted octanol–water partition coefficient (Wildman–Crippen LogP) is 2.61. The van der Waals surface area contributed by atoms with Crippen LogP contribution in [0.25, 0.3) is 10.8 Å². The van der Waals surface area contributed by atoms with Crippen molar-refractivity contribution in [2.45, 2.75) is 32.4 Å². The number of aromatic nitrogens is 1. The zero-order valence-electron chi connectivity index (χ0n) is 16.1. The van der Waals surface area contributed by atoms with Gasteiger partial charge in [-0.05, 0) is 38.5 Å². The zero-order chi connectivity index (χ0) is 19.0. The number of piperazine rings is 1. The largest absolute Gasteiger partial charge is 0.337 e. The maximum atomic E-state index is 14.0. The fourth-order valence-corrected chi connectivity index (χ4v) is 4.35. The van der Waals surface area contributed by atoms with Crippen LogP contribution in [0.2, 0.25) is 0 Å². The van der Waals surface area contributed by atoms with Crippen molar-refractivity contribution in [1.29, 1.82) is 0 Å². The number of nitrogens with zero attached hydrogens (tertiary/aromatic N) is 4. The minimum atomic E-state index is -0.314. The Morgan fingerprint density at radius 1 is 1.11 bits per heavy atom. The van der Waals surface area contributed by atoms with Crippen molar-refractivity contribution in [3.8, 4) is 0 Å². The lowest BCUT2D eigenvalue weighted by atomic mass is 10.1. The van der Waals surface area contributed by atoms with Crippen LogP contribution in [0.4, 0.5) is 4.39 Å². The molecular formula is C21H27FN4O. The van der Waals surface area contributed by atoms with Crippen molar-refractivity contribution >= 4 is 16.7 Å². The number of carbonyl (C=O) groups excluding carboxylic acids is 1. The van der Waals surface area contributed by atoms with Crippen LogP contribution in [0.3, 0.4) is 0 Å². The highest BCUT2D eigenvalue weighted by molar-refractivity contribution is 6.07. The number of hydrogen-bond donors (Lipinski definition) is 0. The highest BCUT2D eigenvalue weighted by Crippen LogP contribution is 2.25. The Morgan fingerprint density at radius 2 is 1.89 bits per heavy atom. The second-order valence-corrected chi connectivity index (χ2v) is 7.88. The molecule has 0 radical (unpaired) electrons. The molecule has 144 valence electrons. The first-order valence-electron chi connectivity index (χ1n) is 9.84. The quantitative estimate of drug-likeness (QED) is 0.833. The predicted molar refractivity (Wildman–Crippen MR) is 104 cm³/mol. The molecule has 2 aliphatic rings. The molecule has 2 saturated heterocycles. The number of benzene rings is 1. The number of hydrogen-bond acceptors (Lipinski definition) is 4. The van der Waals surface area contributed by atoms with Gasteiger partial charge in [0.25, 0.3) is 5.91 Å². The molecule has 1 unspecified atom stereocenters. The van der Waals surface area contributed by atoms with E-state index in [-0.39, 0.29) is 11.7 Å². The third-order valence-corrected chi connectivity index (χ3v) is 6.04. The van der Waals surface area contributed by atoms with E-state index < -0.39 is 0 Å². The van der Waals surface area contributed by atoms with E-state index in [9.17, 15) is 9.18 Å². The van der Waals surface area contributed by atoms with Gasteiger partial charge in [0.05, 0.1) is 0 Å². The summed E-state index contributed by atoms with van der Waals surface area (Å²) >= 11 is 0. The second-order valence-electron chi connectivity index (χ2n) is 7.88. The highest BCUT2D eigenvalue weighted by Gasteiger charge is 2.33. The van der Waals surface area contributed by atoms with Crippen molar-refractivity contribution in [3.63, 3.8) is 0 Å². The van der Waals surface area contributed by atoms with Gasteiger partial charge in [-0.3, -0.25) is 19.6 Å². The molecule has 1 amide bonds. The molecular weight excluding hydrogens is 343 g/mol. The number of pyridine rings is 1. The van der Waals surface area contributed by atoms with E-state index in [1.54, 1.807) is 24.5 Å². The van der Waals surface area contributed by atoms with Crippen LogP contribution in [-0.4, -0.2) is 76.9 Å². The summed E-state index contributed by atoms with van der Waals surface area (Å²) in [6, 6.07) is 5.62. The van der Waals surface area contributed by atoms with E-state index in [4.69, 9.17) is 0 Å². The molecule has 2 fully saturated rings. The molecule has 1 aromatic heterocycles. The van der Waals surface area contributed by atoms with Gasteiger partial charge in [-0.2, -0.15) is 0 Å². The van der Waals surface area contributed by atoms with E-state index in [2.05, 4.69) is 28.6 Å². The first kappa shape index (κ1) is 18.3. The number of rotatable bonds is 3. The number of carbonyl (C=O) groups is 1. The Kier molecular flexibility index (Phi) is 5.10. The highest BCUT2D eigenvalue weighted by atomic mass is 19.1. The van der Waals surface area contributed by atoms with E-state index in [1.165, 1.54) is 6.07 Å². The Morgan fingerprint density at radius 3 is 2.63 bits per heavy atom. The molecule has 0 N–H and O–H groups in total. The molecule has 27 heavy (non-hydrogen) atoms. The van der Waals surface area contributed by atoms with Crippen molar-refractivity contribution in [2.24, 2.45) is 0 Å². The number of halogens is 1. The van der Waals surface area contributed by atoms with Crippen molar-refractivity contribution in [2.75, 3.05) is 39.3 Å². The van der Waals surface area contributed by atoms with Gasteiger partial charge in [-0.25, -0.2) is 4.39 Å². The van der Waals surface area contributed by atoms with Gasteiger partial charge in [0.2, 0.25) is 0 Å². The molecule has 0 bridgehead atoms. The Bertz CT molecular complexity index is 832. The van der Waals surface area contributed by atoms with Gasteiger partial charge in [0.15, 0.2) is 0 Å². The Balaban J connectivity index is 1.45. The Hall–Kier alpha value is -2.05. The molecule has 0 aliphatic carbocycles. The third-order valence-electron chi connectivity index (χ3n) is 6.04. The SMILES string of the molecule is CC(C)N1CCN(C2CCN(C(=O)c3ccc(F)c4ccncc34)C2)CC1. The summed E-state index contributed by atoms with van der Waals surface area (Å²) in [6.07, 6.45) is 4.15. The van der Waals surface area contributed by atoms with Gasteiger partial charge in [-0.15, -0.1) is 0 Å². The van der Waals surface area contributed by atoms with Gasteiger partial charge in [-0.1, -0.05) is 0 Å². The maximum absolute atomic E-state index is 14.0. The van der Waals surface area contributed by atoms with Crippen molar-refractivity contribution in [1.82, 2.24) is 19.7 Å². The summed E-state index contributed by atoms with van der Waals surface area (Å²) in [5.74, 6) is -0.331. The first-order valence-corrected chi connectivity index (χ1v) is 9.84. The summed E-state index contributed by atoms with van der Waals surface area (Å²) in [4.78, 5) is 24.1. The lowest BCUT2D eigenvalue weighted by Gasteiger charge is -2.39. The van der Waals surface area contributed by atoms with Gasteiger partial charge in [0, 0.05) is 80.1 Å². The van der Waals surface area contributed by atoms with Gasteiger partial charge in [0.1, 0.15) is 5.82 Å². The average molecular weight is 370 g/mol. The summed E-state index contributed by atoms with van der Waals surface area (Å²) in [6.45, 7) is 10.3. The van der Waals surface area contributed by atoms with E-state index >= 15 is 0 Å². The van der Waals surface area contributed by atoms with Crippen LogP contribution in [0, 0.1) is 5.82 Å². The minimum Gasteiger partial charge on any atom is -0.337 e. The summed E-state index contributed by atoms with van der Waals surface area (Å²) < 4.78 is 14.0. The topological polar surface area (TPSA) is 39.7 Å². The lowest BCUT2D eigenvalue weighted by molar-refractivity contribution is 0.0700. The molecule has 6 heteroatoms. The van der Waals surface area contributed by atoms with Crippen LogP contribution in [0.1, 0.15) is 30.6 Å². The average Bonchev–Trinajstić information content (AvgIpc) is 3.18. The second kappa shape index (κ2) is 7.52. The van der Waals surface area contributed by atoms with Crippen molar-refractivity contribution < 1.29 is 9.18 Å². The fourth-order valence-electron chi connectivity index (χ4n) is 4.35. The van der Waals surface area contributed by atoms with E-state index in [1.807, 2.05) is 4.90 Å². The molecule has 1 aromatic carbocycles. The smallest absolute Gasteiger partial charge is 0.254 e. The van der Waals surface area contributed by atoms with E-state index in [0.717, 1.165) is 45.7 Å². The monoisotopic (exact) mass is 370 g/mol. The summed E-state index contributed by atoms with van der Waals surface area (Å²) in [5.41, 5.74) is 0.546. The number of fused-ring (bicyclic) bond motifs is 1. The minimum absolute atomic E-state index is 0.0173. The molecule has 2 aliphatic heterocycles. The molecule has 2 aromatic rings.